The average Bonchev–Trinajstić information content (AvgIpc) is 2.48. The number of ether oxygens (including phenoxy) is 1. The monoisotopic (exact) mass is 261 g/mol. The molecule has 2 atom stereocenters. The van der Waals surface area contributed by atoms with E-state index in [1.807, 2.05) is 0 Å². The maximum Gasteiger partial charge on any atom is 0.0717 e. The summed E-state index contributed by atoms with van der Waals surface area (Å²) in [5.74, 6) is 1.35. The first-order valence-corrected chi connectivity index (χ1v) is 7.69. The Hall–Kier alpha value is -0.860. The zero-order valence-corrected chi connectivity index (χ0v) is 12.1. The Bertz CT molecular complexity index is 360. The summed E-state index contributed by atoms with van der Waals surface area (Å²) >= 11 is 0. The molecule has 0 aromatic heterocycles. The Balaban J connectivity index is 1.75. The summed E-state index contributed by atoms with van der Waals surface area (Å²) in [7, 11) is 0. The van der Waals surface area contributed by atoms with E-state index in [-0.39, 0.29) is 0 Å². The van der Waals surface area contributed by atoms with Crippen LogP contribution in [0.2, 0.25) is 0 Å². The molecule has 0 heterocycles. The van der Waals surface area contributed by atoms with Gasteiger partial charge in [0, 0.05) is 0 Å². The molecule has 0 saturated heterocycles. The molecule has 0 bridgehead atoms. The van der Waals surface area contributed by atoms with Crippen molar-refractivity contribution in [3.05, 3.63) is 35.4 Å². The molecule has 2 unspecified atom stereocenters. The summed E-state index contributed by atoms with van der Waals surface area (Å²) in [5.41, 5.74) is 8.52. The molecule has 0 radical (unpaired) electrons. The van der Waals surface area contributed by atoms with Crippen LogP contribution in [0.3, 0.4) is 0 Å². The Morgan fingerprint density at radius 1 is 1.05 bits per heavy atom. The highest BCUT2D eigenvalue weighted by Gasteiger charge is 2.23. The fourth-order valence-electron chi connectivity index (χ4n) is 3.01. The van der Waals surface area contributed by atoms with Crippen LogP contribution < -0.4 is 5.73 Å². The van der Waals surface area contributed by atoms with Gasteiger partial charge in [-0.1, -0.05) is 44.0 Å². The van der Waals surface area contributed by atoms with E-state index in [1.165, 1.54) is 36.8 Å². The third-order valence-corrected chi connectivity index (χ3v) is 4.40. The fourth-order valence-corrected chi connectivity index (χ4v) is 3.01. The van der Waals surface area contributed by atoms with Crippen LogP contribution in [0.4, 0.5) is 0 Å². The minimum absolute atomic E-state index is 0.675. The number of aryl methyl sites for hydroxylation is 1. The van der Waals surface area contributed by atoms with Crippen LogP contribution in [0.5, 0.6) is 0 Å². The SMILES string of the molecule is CCc1ccc(COCC2CCCCC2CN)cc1. The van der Waals surface area contributed by atoms with Crippen molar-refractivity contribution in [1.29, 1.82) is 0 Å². The molecule has 2 heteroatoms. The van der Waals surface area contributed by atoms with Crippen LogP contribution in [0.25, 0.3) is 0 Å². The molecule has 1 saturated carbocycles. The first-order valence-electron chi connectivity index (χ1n) is 7.69. The predicted octanol–water partition coefficient (Wildman–Crippen LogP) is 3.53. The highest BCUT2D eigenvalue weighted by molar-refractivity contribution is 5.21. The van der Waals surface area contributed by atoms with Crippen LogP contribution in [-0.2, 0) is 17.8 Å². The van der Waals surface area contributed by atoms with E-state index >= 15 is 0 Å². The van der Waals surface area contributed by atoms with E-state index in [4.69, 9.17) is 10.5 Å². The van der Waals surface area contributed by atoms with E-state index in [1.54, 1.807) is 0 Å². The number of rotatable bonds is 6. The van der Waals surface area contributed by atoms with E-state index in [9.17, 15) is 0 Å². The summed E-state index contributed by atoms with van der Waals surface area (Å²) < 4.78 is 5.91. The molecule has 1 aromatic rings. The first-order chi connectivity index (χ1) is 9.33. The van der Waals surface area contributed by atoms with Gasteiger partial charge in [-0.2, -0.15) is 0 Å². The van der Waals surface area contributed by atoms with Crippen molar-refractivity contribution in [3.63, 3.8) is 0 Å². The summed E-state index contributed by atoms with van der Waals surface area (Å²) in [4.78, 5) is 0. The van der Waals surface area contributed by atoms with Crippen molar-refractivity contribution in [2.45, 2.75) is 45.6 Å². The zero-order valence-electron chi connectivity index (χ0n) is 12.1. The Kier molecular flexibility index (Phi) is 5.87. The molecule has 0 aliphatic heterocycles. The number of nitrogens with two attached hydrogens (primary N) is 1. The zero-order chi connectivity index (χ0) is 13.5. The molecule has 0 amide bonds. The molecule has 1 aliphatic rings. The minimum Gasteiger partial charge on any atom is -0.376 e. The fraction of sp³-hybridized carbons (Fsp3) is 0.647. The smallest absolute Gasteiger partial charge is 0.0717 e. The lowest BCUT2D eigenvalue weighted by Gasteiger charge is -2.30. The van der Waals surface area contributed by atoms with Gasteiger partial charge in [0.2, 0.25) is 0 Å². The van der Waals surface area contributed by atoms with Gasteiger partial charge in [-0.25, -0.2) is 0 Å². The molecule has 1 fully saturated rings. The average molecular weight is 261 g/mol. The van der Waals surface area contributed by atoms with Crippen molar-refractivity contribution in [1.82, 2.24) is 0 Å². The van der Waals surface area contributed by atoms with Gasteiger partial charge in [-0.05, 0) is 48.8 Å². The molecule has 2 N–H and O–H groups in total. The third-order valence-electron chi connectivity index (χ3n) is 4.40. The molecular formula is C17H27NO. The van der Waals surface area contributed by atoms with Crippen molar-refractivity contribution >= 4 is 0 Å². The number of benzene rings is 1. The van der Waals surface area contributed by atoms with Gasteiger partial charge in [-0.15, -0.1) is 0 Å². The summed E-state index contributed by atoms with van der Waals surface area (Å²) in [6, 6.07) is 8.75. The van der Waals surface area contributed by atoms with Crippen LogP contribution >= 0.6 is 0 Å². The maximum atomic E-state index is 5.91. The second kappa shape index (κ2) is 7.66. The second-order valence-corrected chi connectivity index (χ2v) is 5.73. The van der Waals surface area contributed by atoms with E-state index in [0.29, 0.717) is 11.8 Å². The van der Waals surface area contributed by atoms with Crippen molar-refractivity contribution < 1.29 is 4.74 Å². The summed E-state index contributed by atoms with van der Waals surface area (Å²) in [5, 5.41) is 0. The molecule has 2 rings (SSSR count). The summed E-state index contributed by atoms with van der Waals surface area (Å²) in [6.45, 7) is 4.61. The van der Waals surface area contributed by atoms with Crippen molar-refractivity contribution in [3.8, 4) is 0 Å². The molecule has 0 spiro atoms. The second-order valence-electron chi connectivity index (χ2n) is 5.73. The van der Waals surface area contributed by atoms with Gasteiger partial charge in [0.1, 0.15) is 0 Å². The normalized spacial score (nSPS) is 23.5. The first kappa shape index (κ1) is 14.5. The predicted molar refractivity (Wildman–Crippen MR) is 80.0 cm³/mol. The van der Waals surface area contributed by atoms with Crippen molar-refractivity contribution in [2.24, 2.45) is 17.6 Å². The highest BCUT2D eigenvalue weighted by atomic mass is 16.5. The molecular weight excluding hydrogens is 234 g/mol. The number of hydrogen-bond donors (Lipinski definition) is 1. The van der Waals surface area contributed by atoms with Gasteiger partial charge in [0.25, 0.3) is 0 Å². The van der Waals surface area contributed by atoms with Gasteiger partial charge in [0.05, 0.1) is 13.2 Å². The Morgan fingerprint density at radius 2 is 1.68 bits per heavy atom. The van der Waals surface area contributed by atoms with E-state index < -0.39 is 0 Å². The lowest BCUT2D eigenvalue weighted by Crippen LogP contribution is -2.29. The minimum atomic E-state index is 0.675. The molecule has 2 nitrogen and oxygen atoms in total. The molecule has 19 heavy (non-hydrogen) atoms. The Labute approximate surface area is 117 Å². The maximum absolute atomic E-state index is 5.91. The standard InChI is InChI=1S/C17H27NO/c1-2-14-7-9-15(10-8-14)12-19-13-17-6-4-3-5-16(17)11-18/h7-10,16-17H,2-6,11-13,18H2,1H3. The van der Waals surface area contributed by atoms with Crippen LogP contribution in [-0.4, -0.2) is 13.2 Å². The van der Waals surface area contributed by atoms with Crippen LogP contribution in [0.1, 0.15) is 43.7 Å². The van der Waals surface area contributed by atoms with Crippen molar-refractivity contribution in [2.75, 3.05) is 13.2 Å². The molecule has 1 aromatic carbocycles. The van der Waals surface area contributed by atoms with Gasteiger partial charge in [-0.3, -0.25) is 0 Å². The Morgan fingerprint density at radius 3 is 2.32 bits per heavy atom. The van der Waals surface area contributed by atoms with Gasteiger partial charge < -0.3 is 10.5 Å². The van der Waals surface area contributed by atoms with E-state index in [0.717, 1.165) is 26.2 Å². The van der Waals surface area contributed by atoms with Gasteiger partial charge in [0.15, 0.2) is 0 Å². The number of hydrogen-bond acceptors (Lipinski definition) is 2. The van der Waals surface area contributed by atoms with Gasteiger partial charge >= 0.3 is 0 Å². The largest absolute Gasteiger partial charge is 0.376 e. The molecule has 106 valence electrons. The van der Waals surface area contributed by atoms with Crippen LogP contribution in [0.15, 0.2) is 24.3 Å². The quantitative estimate of drug-likeness (QED) is 0.850. The lowest BCUT2D eigenvalue weighted by atomic mass is 9.80. The third kappa shape index (κ3) is 4.32. The topological polar surface area (TPSA) is 35.2 Å². The highest BCUT2D eigenvalue weighted by Crippen LogP contribution is 2.29. The lowest BCUT2D eigenvalue weighted by molar-refractivity contribution is 0.0512. The molecule has 1 aliphatic carbocycles. The van der Waals surface area contributed by atoms with Crippen LogP contribution in [0, 0.1) is 11.8 Å². The summed E-state index contributed by atoms with van der Waals surface area (Å²) in [6.07, 6.45) is 6.36. The van der Waals surface area contributed by atoms with E-state index in [2.05, 4.69) is 31.2 Å².